The fourth-order valence-electron chi connectivity index (χ4n) is 2.39. The molecule has 2 aromatic carbocycles. The lowest BCUT2D eigenvalue weighted by molar-refractivity contribution is -0.138. The highest BCUT2D eigenvalue weighted by Crippen LogP contribution is 2.33. The van der Waals surface area contributed by atoms with Crippen LogP contribution in [0.1, 0.15) is 12.0 Å². The first-order valence-electron chi connectivity index (χ1n) is 7.79. The number of thioether (sulfide) groups is 1. The molecule has 1 N–H and O–H groups in total. The quantitative estimate of drug-likeness (QED) is 0.575. The van der Waals surface area contributed by atoms with Crippen molar-refractivity contribution >= 4 is 63.9 Å². The van der Waals surface area contributed by atoms with E-state index in [0.717, 1.165) is 11.8 Å². The molecule has 27 heavy (non-hydrogen) atoms. The van der Waals surface area contributed by atoms with Gasteiger partial charge < -0.3 is 5.11 Å². The zero-order valence-corrected chi connectivity index (χ0v) is 16.1. The van der Waals surface area contributed by atoms with Gasteiger partial charge in [0.1, 0.15) is 5.25 Å². The summed E-state index contributed by atoms with van der Waals surface area (Å²) in [6.45, 7) is 0. The molecule has 0 aliphatic carbocycles. The van der Waals surface area contributed by atoms with E-state index in [1.165, 1.54) is 11.1 Å². The van der Waals surface area contributed by atoms with E-state index in [-0.39, 0.29) is 12.3 Å². The summed E-state index contributed by atoms with van der Waals surface area (Å²) in [5, 5.41) is 17.6. The van der Waals surface area contributed by atoms with E-state index >= 15 is 0 Å². The summed E-state index contributed by atoms with van der Waals surface area (Å²) in [5.41, 5.74) is 1.22. The lowest BCUT2D eigenvalue weighted by Gasteiger charge is -2.15. The molecular weight excluding hydrogens is 409 g/mol. The van der Waals surface area contributed by atoms with Crippen molar-refractivity contribution in [2.45, 2.75) is 11.7 Å². The molecule has 138 valence electrons. The number of hydrogen-bond donors (Lipinski definition) is 1. The van der Waals surface area contributed by atoms with Gasteiger partial charge in [-0.2, -0.15) is 5.10 Å². The third kappa shape index (κ3) is 4.68. The van der Waals surface area contributed by atoms with Crippen LogP contribution in [-0.2, 0) is 9.59 Å². The van der Waals surface area contributed by atoms with Crippen molar-refractivity contribution in [1.82, 2.24) is 0 Å². The molecule has 1 amide bonds. The molecular formula is C18H13Cl2N3O3S. The van der Waals surface area contributed by atoms with Crippen molar-refractivity contribution in [2.24, 2.45) is 10.2 Å². The fourth-order valence-corrected chi connectivity index (χ4v) is 3.92. The van der Waals surface area contributed by atoms with Crippen LogP contribution in [0.3, 0.4) is 0 Å². The summed E-state index contributed by atoms with van der Waals surface area (Å²) < 4.78 is 0. The third-order valence-corrected chi connectivity index (χ3v) is 5.30. The van der Waals surface area contributed by atoms with Gasteiger partial charge in [0.2, 0.25) is 5.91 Å². The van der Waals surface area contributed by atoms with E-state index in [9.17, 15) is 9.59 Å². The Morgan fingerprint density at radius 3 is 2.63 bits per heavy atom. The number of carboxylic acid groups (broad SMARTS) is 1. The molecule has 2 aromatic rings. The van der Waals surface area contributed by atoms with Crippen molar-refractivity contribution < 1.29 is 14.7 Å². The number of amides is 1. The number of nitrogens with zero attached hydrogens (tertiary/aromatic N) is 3. The largest absolute Gasteiger partial charge is 0.481 e. The Morgan fingerprint density at radius 1 is 1.22 bits per heavy atom. The normalized spacial score (nSPS) is 18.6. The standard InChI is InChI=1S/C18H13Cl2N3O3S/c19-12-7-6-11(14(20)8-12)10-21-22-18-23(13-4-2-1-3-5-13)17(26)15(27-18)9-16(24)25/h1-8,10,15H,9H2,(H,24,25)/b21-10+,22-18-. The number of benzene rings is 2. The molecule has 0 bridgehead atoms. The molecule has 0 radical (unpaired) electrons. The minimum absolute atomic E-state index is 0.293. The predicted molar refractivity (Wildman–Crippen MR) is 109 cm³/mol. The molecule has 1 aliphatic rings. The number of para-hydroxylation sites is 1. The zero-order chi connectivity index (χ0) is 19.4. The van der Waals surface area contributed by atoms with Gasteiger partial charge in [0.25, 0.3) is 0 Å². The molecule has 9 heteroatoms. The van der Waals surface area contributed by atoms with E-state index in [1.54, 1.807) is 42.5 Å². The van der Waals surface area contributed by atoms with Crippen LogP contribution in [0.2, 0.25) is 10.0 Å². The number of carbonyl (C=O) groups excluding carboxylic acids is 1. The minimum atomic E-state index is -1.05. The smallest absolute Gasteiger partial charge is 0.305 e. The predicted octanol–water partition coefficient (Wildman–Crippen LogP) is 4.31. The second-order valence-corrected chi connectivity index (χ2v) is 7.52. The molecule has 1 atom stereocenters. The first kappa shape index (κ1) is 19.4. The Balaban J connectivity index is 1.90. The highest BCUT2D eigenvalue weighted by molar-refractivity contribution is 8.16. The minimum Gasteiger partial charge on any atom is -0.481 e. The van der Waals surface area contributed by atoms with E-state index in [2.05, 4.69) is 10.2 Å². The van der Waals surface area contributed by atoms with Gasteiger partial charge in [-0.05, 0) is 24.3 Å². The Kier molecular flexibility index (Phi) is 6.15. The number of carbonyl (C=O) groups is 2. The molecule has 1 aliphatic heterocycles. The van der Waals surface area contributed by atoms with Crippen molar-refractivity contribution in [3.63, 3.8) is 0 Å². The summed E-state index contributed by atoms with van der Waals surface area (Å²) >= 11 is 13.0. The topological polar surface area (TPSA) is 82.3 Å². The molecule has 1 fully saturated rings. The number of aliphatic carboxylic acids is 1. The van der Waals surface area contributed by atoms with Crippen molar-refractivity contribution in [1.29, 1.82) is 0 Å². The second-order valence-electron chi connectivity index (χ2n) is 5.51. The Bertz CT molecular complexity index is 935. The number of hydrogen-bond acceptors (Lipinski definition) is 5. The van der Waals surface area contributed by atoms with E-state index < -0.39 is 11.2 Å². The zero-order valence-electron chi connectivity index (χ0n) is 13.8. The number of halogens is 2. The van der Waals surface area contributed by atoms with Crippen LogP contribution in [0.5, 0.6) is 0 Å². The van der Waals surface area contributed by atoms with Crippen molar-refractivity contribution in [3.8, 4) is 0 Å². The maximum absolute atomic E-state index is 12.6. The number of anilines is 1. The molecule has 1 unspecified atom stereocenters. The summed E-state index contributed by atoms with van der Waals surface area (Å²) in [4.78, 5) is 25.1. The van der Waals surface area contributed by atoms with Crippen molar-refractivity contribution in [3.05, 3.63) is 64.1 Å². The van der Waals surface area contributed by atoms with Gasteiger partial charge in [0.05, 0.1) is 23.3 Å². The van der Waals surface area contributed by atoms with E-state index in [0.29, 0.717) is 26.5 Å². The molecule has 6 nitrogen and oxygen atoms in total. The Hall–Kier alpha value is -2.35. The van der Waals surface area contributed by atoms with Gasteiger partial charge in [-0.25, -0.2) is 0 Å². The molecule has 0 saturated carbocycles. The Labute approximate surface area is 169 Å². The number of amidine groups is 1. The highest BCUT2D eigenvalue weighted by atomic mass is 35.5. The van der Waals surface area contributed by atoms with E-state index in [4.69, 9.17) is 28.3 Å². The lowest BCUT2D eigenvalue weighted by Crippen LogP contribution is -2.32. The van der Waals surface area contributed by atoms with Crippen LogP contribution in [0, 0.1) is 0 Å². The van der Waals surface area contributed by atoms with Gasteiger partial charge in [-0.15, -0.1) is 5.10 Å². The average molecular weight is 422 g/mol. The van der Waals surface area contributed by atoms with Gasteiger partial charge in [-0.1, -0.05) is 59.2 Å². The van der Waals surface area contributed by atoms with Gasteiger partial charge in [0, 0.05) is 10.6 Å². The summed E-state index contributed by atoms with van der Waals surface area (Å²) in [5.74, 6) is -1.39. The molecule has 0 spiro atoms. The molecule has 1 heterocycles. The fraction of sp³-hybridized carbons (Fsp3) is 0.111. The molecule has 0 aromatic heterocycles. The van der Waals surface area contributed by atoms with E-state index in [1.807, 2.05) is 6.07 Å². The SMILES string of the molecule is O=C(O)CC1S/C(=N\N=C\c2ccc(Cl)cc2Cl)N(c2ccccc2)C1=O. The van der Waals surface area contributed by atoms with Gasteiger partial charge in [-0.3, -0.25) is 14.5 Å². The van der Waals surface area contributed by atoms with Crippen LogP contribution in [0.15, 0.2) is 58.7 Å². The second kappa shape index (κ2) is 8.56. The Morgan fingerprint density at radius 2 is 1.96 bits per heavy atom. The van der Waals surface area contributed by atoms with Gasteiger partial charge in [0.15, 0.2) is 5.17 Å². The summed E-state index contributed by atoms with van der Waals surface area (Å²) in [6.07, 6.45) is 1.16. The van der Waals surface area contributed by atoms with Crippen LogP contribution < -0.4 is 4.90 Å². The number of carboxylic acids is 1. The van der Waals surface area contributed by atoms with Crippen LogP contribution in [0.25, 0.3) is 0 Å². The third-order valence-electron chi connectivity index (χ3n) is 3.61. The summed E-state index contributed by atoms with van der Waals surface area (Å²) in [7, 11) is 0. The van der Waals surface area contributed by atoms with Crippen LogP contribution >= 0.6 is 35.0 Å². The number of rotatable bonds is 5. The maximum atomic E-state index is 12.6. The highest BCUT2D eigenvalue weighted by Gasteiger charge is 2.40. The monoisotopic (exact) mass is 421 g/mol. The first-order valence-corrected chi connectivity index (χ1v) is 9.43. The van der Waals surface area contributed by atoms with Crippen molar-refractivity contribution in [2.75, 3.05) is 4.90 Å². The average Bonchev–Trinajstić information content (AvgIpc) is 2.92. The van der Waals surface area contributed by atoms with Gasteiger partial charge >= 0.3 is 5.97 Å². The summed E-state index contributed by atoms with van der Waals surface area (Å²) in [6, 6.07) is 13.8. The molecule has 3 rings (SSSR count). The first-order chi connectivity index (χ1) is 13.0. The van der Waals surface area contributed by atoms with Crippen LogP contribution in [0.4, 0.5) is 5.69 Å². The maximum Gasteiger partial charge on any atom is 0.305 e. The molecule has 1 saturated heterocycles. The van der Waals surface area contributed by atoms with Crippen LogP contribution in [-0.4, -0.2) is 33.6 Å². The lowest BCUT2D eigenvalue weighted by atomic mass is 10.2.